The first-order valence-electron chi connectivity index (χ1n) is 9.96. The van der Waals surface area contributed by atoms with E-state index < -0.39 is 9.84 Å². The first-order chi connectivity index (χ1) is 13.0. The summed E-state index contributed by atoms with van der Waals surface area (Å²) in [7, 11) is -1.47. The predicted molar refractivity (Wildman–Crippen MR) is 112 cm³/mol. The van der Waals surface area contributed by atoms with Gasteiger partial charge in [-0.25, -0.2) is 8.42 Å². The topological polar surface area (TPSA) is 73.8 Å². The van der Waals surface area contributed by atoms with Crippen molar-refractivity contribution in [1.29, 1.82) is 0 Å². The third-order valence-corrected chi connectivity index (χ3v) is 6.84. The van der Waals surface area contributed by atoms with Gasteiger partial charge in [0, 0.05) is 20.1 Å². The number of piperidine rings is 1. The molecule has 0 aromatic heterocycles. The molecule has 0 spiro atoms. The fourth-order valence-corrected chi connectivity index (χ4v) is 4.56. The van der Waals surface area contributed by atoms with Crippen LogP contribution >= 0.6 is 0 Å². The molecule has 1 aliphatic rings. The molecule has 6 nitrogen and oxygen atoms in total. The largest absolute Gasteiger partial charge is 0.356 e. The highest BCUT2D eigenvalue weighted by molar-refractivity contribution is 7.91. The van der Waals surface area contributed by atoms with E-state index in [9.17, 15) is 8.42 Å². The number of hydrogen-bond donors (Lipinski definition) is 2. The van der Waals surface area contributed by atoms with Crippen LogP contribution in [0.4, 0.5) is 0 Å². The van der Waals surface area contributed by atoms with Crippen molar-refractivity contribution < 1.29 is 8.42 Å². The SMILES string of the molecule is CN=C(NCCCN1CCC(C)CC1)NCCCS(=O)(=O)c1ccccc1. The fourth-order valence-electron chi connectivity index (χ4n) is 3.23. The number of nitrogens with zero attached hydrogens (tertiary/aromatic N) is 2. The third-order valence-electron chi connectivity index (χ3n) is 5.03. The molecule has 1 saturated heterocycles. The van der Waals surface area contributed by atoms with E-state index in [0.717, 1.165) is 31.4 Å². The first-order valence-corrected chi connectivity index (χ1v) is 11.6. The molecule has 0 amide bonds. The van der Waals surface area contributed by atoms with Gasteiger partial charge in [0.15, 0.2) is 15.8 Å². The van der Waals surface area contributed by atoms with Crippen molar-refractivity contribution in [2.75, 3.05) is 45.5 Å². The molecular formula is C20H34N4O2S. The molecule has 1 aromatic carbocycles. The Morgan fingerprint density at radius 1 is 1.11 bits per heavy atom. The normalized spacial score (nSPS) is 17.0. The lowest BCUT2D eigenvalue weighted by molar-refractivity contribution is 0.191. The summed E-state index contributed by atoms with van der Waals surface area (Å²) in [5.74, 6) is 1.74. The minimum atomic E-state index is -3.21. The van der Waals surface area contributed by atoms with Gasteiger partial charge in [0.05, 0.1) is 10.6 Å². The summed E-state index contributed by atoms with van der Waals surface area (Å²) in [5, 5.41) is 6.51. The zero-order chi connectivity index (χ0) is 19.5. The van der Waals surface area contributed by atoms with Crippen LogP contribution in [0.3, 0.4) is 0 Å². The van der Waals surface area contributed by atoms with Gasteiger partial charge in [0.1, 0.15) is 0 Å². The number of nitrogens with one attached hydrogen (secondary N) is 2. The summed E-state index contributed by atoms with van der Waals surface area (Å²) in [4.78, 5) is 7.13. The van der Waals surface area contributed by atoms with Gasteiger partial charge in [0.25, 0.3) is 0 Å². The Balaban J connectivity index is 1.59. The number of guanidine groups is 1. The summed E-state index contributed by atoms with van der Waals surface area (Å²) in [6.45, 7) is 7.32. The van der Waals surface area contributed by atoms with Crippen LogP contribution in [0.25, 0.3) is 0 Å². The van der Waals surface area contributed by atoms with Crippen LogP contribution < -0.4 is 10.6 Å². The molecule has 2 rings (SSSR count). The van der Waals surface area contributed by atoms with E-state index in [2.05, 4.69) is 27.4 Å². The fraction of sp³-hybridized carbons (Fsp3) is 0.650. The van der Waals surface area contributed by atoms with Crippen molar-refractivity contribution in [1.82, 2.24) is 15.5 Å². The minimum Gasteiger partial charge on any atom is -0.356 e. The van der Waals surface area contributed by atoms with Gasteiger partial charge in [-0.05, 0) is 63.4 Å². The number of rotatable bonds is 9. The Bertz CT molecular complexity index is 668. The average Bonchev–Trinajstić information content (AvgIpc) is 2.69. The van der Waals surface area contributed by atoms with Crippen molar-refractivity contribution in [2.24, 2.45) is 10.9 Å². The van der Waals surface area contributed by atoms with Gasteiger partial charge in [-0.2, -0.15) is 0 Å². The highest BCUT2D eigenvalue weighted by Gasteiger charge is 2.15. The monoisotopic (exact) mass is 394 g/mol. The van der Waals surface area contributed by atoms with Crippen LogP contribution in [-0.2, 0) is 9.84 Å². The van der Waals surface area contributed by atoms with Crippen molar-refractivity contribution in [3.8, 4) is 0 Å². The molecule has 0 atom stereocenters. The molecule has 0 radical (unpaired) electrons. The smallest absolute Gasteiger partial charge is 0.190 e. The van der Waals surface area contributed by atoms with E-state index in [4.69, 9.17) is 0 Å². The van der Waals surface area contributed by atoms with E-state index >= 15 is 0 Å². The molecular weight excluding hydrogens is 360 g/mol. The molecule has 1 aromatic rings. The van der Waals surface area contributed by atoms with Crippen LogP contribution in [0.15, 0.2) is 40.2 Å². The minimum absolute atomic E-state index is 0.133. The number of benzene rings is 1. The molecule has 1 fully saturated rings. The Labute approximate surface area is 164 Å². The van der Waals surface area contributed by atoms with Crippen LogP contribution in [0.1, 0.15) is 32.6 Å². The summed E-state index contributed by atoms with van der Waals surface area (Å²) in [6, 6.07) is 8.61. The van der Waals surface area contributed by atoms with Gasteiger partial charge in [-0.15, -0.1) is 0 Å². The maximum Gasteiger partial charge on any atom is 0.190 e. The maximum atomic E-state index is 12.2. The molecule has 0 saturated carbocycles. The highest BCUT2D eigenvalue weighted by atomic mass is 32.2. The Morgan fingerprint density at radius 3 is 2.37 bits per heavy atom. The van der Waals surface area contributed by atoms with E-state index in [1.807, 2.05) is 6.07 Å². The van der Waals surface area contributed by atoms with E-state index in [0.29, 0.717) is 17.9 Å². The molecule has 0 unspecified atom stereocenters. The lowest BCUT2D eigenvalue weighted by atomic mass is 9.99. The molecule has 7 heteroatoms. The number of sulfone groups is 1. The third kappa shape index (κ3) is 7.89. The van der Waals surface area contributed by atoms with Crippen molar-refractivity contribution in [3.63, 3.8) is 0 Å². The molecule has 27 heavy (non-hydrogen) atoms. The second-order valence-corrected chi connectivity index (χ2v) is 9.40. The van der Waals surface area contributed by atoms with Gasteiger partial charge in [0.2, 0.25) is 0 Å². The number of aliphatic imine (C=N–C) groups is 1. The standard InChI is InChI=1S/C20H34N4O2S/c1-18-10-15-24(16-11-18)14-6-12-22-20(21-2)23-13-7-17-27(25,26)19-8-4-3-5-9-19/h3-5,8-9,18H,6-7,10-17H2,1-2H3,(H2,21,22,23). The van der Waals surface area contributed by atoms with Crippen LogP contribution in [0.5, 0.6) is 0 Å². The van der Waals surface area contributed by atoms with Crippen molar-refractivity contribution in [2.45, 2.75) is 37.5 Å². The summed E-state index contributed by atoms with van der Waals surface area (Å²) in [6.07, 6.45) is 4.24. The van der Waals surface area contributed by atoms with E-state index in [1.165, 1.54) is 25.9 Å². The zero-order valence-electron chi connectivity index (χ0n) is 16.7. The molecule has 1 aliphatic heterocycles. The van der Waals surface area contributed by atoms with Crippen LogP contribution in [0, 0.1) is 5.92 Å². The van der Waals surface area contributed by atoms with Crippen LogP contribution in [0.2, 0.25) is 0 Å². The van der Waals surface area contributed by atoms with Gasteiger partial charge >= 0.3 is 0 Å². The second-order valence-electron chi connectivity index (χ2n) is 7.29. The van der Waals surface area contributed by atoms with Crippen LogP contribution in [-0.4, -0.2) is 64.8 Å². The second kappa shape index (κ2) is 11.3. The zero-order valence-corrected chi connectivity index (χ0v) is 17.5. The van der Waals surface area contributed by atoms with Crippen molar-refractivity contribution in [3.05, 3.63) is 30.3 Å². The van der Waals surface area contributed by atoms with E-state index in [-0.39, 0.29) is 5.75 Å². The first kappa shape index (κ1) is 21.7. The number of likely N-dealkylation sites (tertiary alicyclic amines) is 1. The molecule has 0 bridgehead atoms. The summed E-state index contributed by atoms with van der Waals surface area (Å²) in [5.41, 5.74) is 0. The average molecular weight is 395 g/mol. The van der Waals surface area contributed by atoms with Crippen molar-refractivity contribution >= 4 is 15.8 Å². The Morgan fingerprint density at radius 2 is 1.74 bits per heavy atom. The quantitative estimate of drug-likeness (QED) is 0.381. The lowest BCUT2D eigenvalue weighted by Gasteiger charge is -2.30. The maximum absolute atomic E-state index is 12.2. The molecule has 1 heterocycles. The van der Waals surface area contributed by atoms with E-state index in [1.54, 1.807) is 31.3 Å². The summed E-state index contributed by atoms with van der Waals surface area (Å²) >= 11 is 0. The number of hydrogen-bond acceptors (Lipinski definition) is 4. The van der Waals surface area contributed by atoms with Gasteiger partial charge in [-0.3, -0.25) is 4.99 Å². The van der Waals surface area contributed by atoms with Gasteiger partial charge < -0.3 is 15.5 Å². The molecule has 152 valence electrons. The summed E-state index contributed by atoms with van der Waals surface area (Å²) < 4.78 is 24.5. The Kier molecular flexibility index (Phi) is 9.07. The Hall–Kier alpha value is -1.60. The highest BCUT2D eigenvalue weighted by Crippen LogP contribution is 2.15. The lowest BCUT2D eigenvalue weighted by Crippen LogP contribution is -2.40. The molecule has 2 N–H and O–H groups in total. The molecule has 0 aliphatic carbocycles. The predicted octanol–water partition coefficient (Wildman–Crippen LogP) is 2.14. The van der Waals surface area contributed by atoms with Gasteiger partial charge in [-0.1, -0.05) is 25.1 Å².